The summed E-state index contributed by atoms with van der Waals surface area (Å²) in [5, 5.41) is 8.61. The molecule has 0 aliphatic carbocycles. The van der Waals surface area contributed by atoms with E-state index in [0.29, 0.717) is 6.42 Å². The first-order valence-corrected chi connectivity index (χ1v) is 12.2. The van der Waals surface area contributed by atoms with Crippen LogP contribution in [0.25, 0.3) is 0 Å². The van der Waals surface area contributed by atoms with Gasteiger partial charge in [-0.2, -0.15) is 0 Å². The van der Waals surface area contributed by atoms with E-state index in [1.54, 1.807) is 0 Å². The van der Waals surface area contributed by atoms with Crippen LogP contribution < -0.4 is 4.72 Å². The number of unbranched alkanes of at least 4 members (excludes halogenated alkanes) is 13. The van der Waals surface area contributed by atoms with Crippen molar-refractivity contribution in [1.82, 2.24) is 4.72 Å². The van der Waals surface area contributed by atoms with E-state index in [4.69, 9.17) is 5.11 Å². The van der Waals surface area contributed by atoms with Gasteiger partial charge < -0.3 is 5.11 Å². The van der Waals surface area contributed by atoms with E-state index in [1.165, 1.54) is 70.5 Å². The highest BCUT2D eigenvalue weighted by atomic mass is 32.2. The van der Waals surface area contributed by atoms with Crippen LogP contribution in [0.4, 0.5) is 0 Å². The normalized spacial score (nSPS) is 12.8. The summed E-state index contributed by atoms with van der Waals surface area (Å²) < 4.78 is 25.7. The van der Waals surface area contributed by atoms with E-state index in [2.05, 4.69) is 11.6 Å². The molecule has 0 bridgehead atoms. The third-order valence-electron chi connectivity index (χ3n) is 4.61. The minimum atomic E-state index is -3.63. The predicted molar refractivity (Wildman–Crippen MR) is 109 cm³/mol. The lowest BCUT2D eigenvalue weighted by Crippen LogP contribution is -2.38. The Labute approximate surface area is 165 Å². The molecule has 2 N–H and O–H groups in total. The van der Waals surface area contributed by atoms with Gasteiger partial charge >= 0.3 is 5.97 Å². The number of carboxylic acid groups (broad SMARTS) is 1. The molecule has 1 atom stereocenters. The molecule has 0 fully saturated rings. The smallest absolute Gasteiger partial charge is 0.305 e. The number of carbonyl (C=O) groups is 1. The maximum atomic E-state index is 11.8. The van der Waals surface area contributed by atoms with Crippen molar-refractivity contribution in [2.24, 2.45) is 0 Å². The fraction of sp³-hybridized carbons (Fsp3) is 0.900. The zero-order valence-electron chi connectivity index (χ0n) is 16.9. The van der Waals surface area contributed by atoms with Gasteiger partial charge in [0.2, 0.25) is 16.3 Å². The number of aliphatic carboxylic acids is 1. The average molecular weight is 405 g/mol. The maximum Gasteiger partial charge on any atom is 0.305 e. The highest BCUT2D eigenvalue weighted by Crippen LogP contribution is 2.13. The summed E-state index contributed by atoms with van der Waals surface area (Å²) >= 11 is 0. The number of hydrogen-bond acceptors (Lipinski definition) is 4. The Hall–Kier alpha value is -0.950. The van der Waals surface area contributed by atoms with Crippen LogP contribution in [-0.2, 0) is 19.6 Å². The summed E-state index contributed by atoms with van der Waals surface area (Å²) in [6.07, 6.45) is 17.5. The van der Waals surface area contributed by atoms with Gasteiger partial charge in [-0.15, -0.1) is 0 Å². The number of carbonyl (C=O) groups excluding carboxylic acids is 1. The van der Waals surface area contributed by atoms with Crippen LogP contribution in [0.3, 0.4) is 0 Å². The second kappa shape index (κ2) is 17.2. The van der Waals surface area contributed by atoms with Gasteiger partial charge in [-0.25, -0.2) is 13.1 Å². The summed E-state index contributed by atoms with van der Waals surface area (Å²) in [5.41, 5.74) is 0. The SMILES string of the molecule is CCCCCCCCCCCCCCCCS(=O)(=O)N[C@H]([C]=O)CC(=O)O. The van der Waals surface area contributed by atoms with Crippen molar-refractivity contribution in [2.45, 2.75) is 109 Å². The van der Waals surface area contributed by atoms with Crippen LogP contribution in [0, 0.1) is 0 Å². The largest absolute Gasteiger partial charge is 0.481 e. The van der Waals surface area contributed by atoms with Crippen molar-refractivity contribution in [3.63, 3.8) is 0 Å². The average Bonchev–Trinajstić information content (AvgIpc) is 2.60. The van der Waals surface area contributed by atoms with Crippen molar-refractivity contribution < 1.29 is 23.1 Å². The van der Waals surface area contributed by atoms with Crippen molar-refractivity contribution in [2.75, 3.05) is 5.75 Å². The molecule has 7 heteroatoms. The molecule has 0 unspecified atom stereocenters. The van der Waals surface area contributed by atoms with E-state index < -0.39 is 28.5 Å². The lowest BCUT2D eigenvalue weighted by Gasteiger charge is -2.10. The first kappa shape index (κ1) is 26.1. The van der Waals surface area contributed by atoms with E-state index >= 15 is 0 Å². The van der Waals surface area contributed by atoms with E-state index in [0.717, 1.165) is 19.3 Å². The molecule has 0 rings (SSSR count). The second-order valence-corrected chi connectivity index (χ2v) is 9.17. The van der Waals surface area contributed by atoms with Gasteiger partial charge in [0.1, 0.15) is 0 Å². The first-order valence-electron chi connectivity index (χ1n) is 10.5. The molecule has 0 spiro atoms. The zero-order valence-corrected chi connectivity index (χ0v) is 17.7. The molecular weight excluding hydrogens is 366 g/mol. The van der Waals surface area contributed by atoms with Gasteiger partial charge in [-0.05, 0) is 6.42 Å². The van der Waals surface area contributed by atoms with Gasteiger partial charge in [0.15, 0.2) is 0 Å². The van der Waals surface area contributed by atoms with Gasteiger partial charge in [-0.1, -0.05) is 90.4 Å². The minimum Gasteiger partial charge on any atom is -0.481 e. The third-order valence-corrected chi connectivity index (χ3v) is 6.08. The molecule has 1 radical (unpaired) electrons. The molecule has 6 nitrogen and oxygen atoms in total. The maximum absolute atomic E-state index is 11.8. The lowest BCUT2D eigenvalue weighted by molar-refractivity contribution is -0.137. The van der Waals surface area contributed by atoms with Gasteiger partial charge in [-0.3, -0.25) is 9.59 Å². The number of carboxylic acids is 1. The summed E-state index contributed by atoms with van der Waals surface area (Å²) in [6, 6.07) is -1.31. The van der Waals surface area contributed by atoms with Crippen LogP contribution in [0.2, 0.25) is 0 Å². The zero-order chi connectivity index (χ0) is 20.4. The Bertz CT molecular complexity index is 479. The third kappa shape index (κ3) is 18.2. The summed E-state index contributed by atoms with van der Waals surface area (Å²) in [4.78, 5) is 21.1. The Morgan fingerprint density at radius 1 is 0.852 bits per heavy atom. The molecular formula is C20H38NO5S. The molecule has 0 heterocycles. The summed E-state index contributed by atoms with van der Waals surface area (Å²) in [7, 11) is -3.63. The van der Waals surface area contributed by atoms with Gasteiger partial charge in [0, 0.05) is 0 Å². The first-order chi connectivity index (χ1) is 12.9. The van der Waals surface area contributed by atoms with E-state index in [1.807, 2.05) is 0 Å². The van der Waals surface area contributed by atoms with Gasteiger partial charge in [0.25, 0.3) is 0 Å². The Kier molecular flexibility index (Phi) is 16.6. The molecule has 0 aliphatic heterocycles. The standard InChI is InChI=1S/C20H38NO5S/c1-2-3-4-5-6-7-8-9-10-11-12-13-14-15-16-27(25,26)21-19(18-22)17-20(23)24/h19,21H,2-17H2,1H3,(H,23,24)/t19-/m0/s1. The molecule has 0 aromatic rings. The van der Waals surface area contributed by atoms with Crippen molar-refractivity contribution in [1.29, 1.82) is 0 Å². The minimum absolute atomic E-state index is 0.0805. The number of nitrogens with one attached hydrogen (secondary N) is 1. The fourth-order valence-corrected chi connectivity index (χ4v) is 4.31. The highest BCUT2D eigenvalue weighted by Gasteiger charge is 2.20. The quantitative estimate of drug-likeness (QED) is 0.294. The van der Waals surface area contributed by atoms with Crippen LogP contribution in [0.15, 0.2) is 0 Å². The summed E-state index contributed by atoms with van der Waals surface area (Å²) in [5.74, 6) is -1.31. The molecule has 0 saturated carbocycles. The Balaban J connectivity index is 3.52. The van der Waals surface area contributed by atoms with Crippen LogP contribution in [-0.4, -0.2) is 37.6 Å². The highest BCUT2D eigenvalue weighted by molar-refractivity contribution is 7.89. The number of hydrogen-bond donors (Lipinski definition) is 2. The Morgan fingerprint density at radius 2 is 1.26 bits per heavy atom. The topological polar surface area (TPSA) is 101 Å². The summed E-state index contributed by atoms with van der Waals surface area (Å²) in [6.45, 7) is 2.24. The number of sulfonamides is 1. The lowest BCUT2D eigenvalue weighted by atomic mass is 10.0. The van der Waals surface area contributed by atoms with Gasteiger partial charge in [0.05, 0.1) is 18.2 Å². The number of rotatable bonds is 20. The molecule has 159 valence electrons. The predicted octanol–water partition coefficient (Wildman–Crippen LogP) is 4.34. The molecule has 0 aliphatic rings. The molecule has 0 aromatic carbocycles. The molecule has 0 aromatic heterocycles. The fourth-order valence-electron chi connectivity index (χ4n) is 3.04. The second-order valence-electron chi connectivity index (χ2n) is 7.30. The molecule has 27 heavy (non-hydrogen) atoms. The van der Waals surface area contributed by atoms with Crippen molar-refractivity contribution in [3.05, 3.63) is 0 Å². The Morgan fingerprint density at radius 3 is 1.63 bits per heavy atom. The van der Waals surface area contributed by atoms with Crippen molar-refractivity contribution >= 4 is 22.3 Å². The van der Waals surface area contributed by atoms with E-state index in [-0.39, 0.29) is 5.75 Å². The monoisotopic (exact) mass is 404 g/mol. The van der Waals surface area contributed by atoms with Crippen LogP contribution in [0.1, 0.15) is 103 Å². The van der Waals surface area contributed by atoms with Crippen LogP contribution in [0.5, 0.6) is 0 Å². The van der Waals surface area contributed by atoms with E-state index in [9.17, 15) is 18.0 Å². The van der Waals surface area contributed by atoms with Crippen LogP contribution >= 0.6 is 0 Å². The molecule has 0 amide bonds. The van der Waals surface area contributed by atoms with Crippen molar-refractivity contribution in [3.8, 4) is 0 Å². The molecule has 0 saturated heterocycles.